The van der Waals surface area contributed by atoms with Crippen molar-refractivity contribution in [3.05, 3.63) is 52.0 Å². The molecule has 1 heterocycles. The molecule has 0 bridgehead atoms. The average molecular weight is 330 g/mol. The van der Waals surface area contributed by atoms with Crippen LogP contribution >= 0.6 is 15.9 Å². The van der Waals surface area contributed by atoms with Crippen LogP contribution < -0.4 is 5.73 Å². The molecule has 2 aromatic carbocycles. The van der Waals surface area contributed by atoms with Gasteiger partial charge in [-0.05, 0) is 54.8 Å². The summed E-state index contributed by atoms with van der Waals surface area (Å²) < 4.78 is 3.12. The number of aryl methyl sites for hydroxylation is 2. The van der Waals surface area contributed by atoms with Crippen molar-refractivity contribution in [2.75, 3.05) is 5.73 Å². The summed E-state index contributed by atoms with van der Waals surface area (Å²) in [5.41, 5.74) is 11.7. The number of anilines is 1. The highest BCUT2D eigenvalue weighted by atomic mass is 79.9. The Balaban J connectivity index is 2.34. The lowest BCUT2D eigenvalue weighted by Gasteiger charge is -2.12. The molecule has 0 radical (unpaired) electrons. The Kier molecular flexibility index (Phi) is 3.26. The van der Waals surface area contributed by atoms with Crippen LogP contribution in [-0.4, -0.2) is 9.55 Å². The van der Waals surface area contributed by atoms with Crippen molar-refractivity contribution >= 4 is 32.9 Å². The van der Waals surface area contributed by atoms with E-state index in [2.05, 4.69) is 59.0 Å². The lowest BCUT2D eigenvalue weighted by atomic mass is 10.1. The molecule has 3 rings (SSSR count). The van der Waals surface area contributed by atoms with Gasteiger partial charge >= 0.3 is 0 Å². The SMILES string of the molecule is CCc1cc(Br)ccc1-n1c(N)nc2ccc(C)cc21. The van der Waals surface area contributed by atoms with Gasteiger partial charge in [-0.3, -0.25) is 4.57 Å². The predicted molar refractivity (Wildman–Crippen MR) is 87.3 cm³/mol. The third-order valence-electron chi connectivity index (χ3n) is 3.50. The van der Waals surface area contributed by atoms with E-state index in [1.54, 1.807) is 0 Å². The van der Waals surface area contributed by atoms with Crippen molar-refractivity contribution in [1.82, 2.24) is 9.55 Å². The second kappa shape index (κ2) is 4.94. The van der Waals surface area contributed by atoms with Gasteiger partial charge in [0.2, 0.25) is 5.95 Å². The highest BCUT2D eigenvalue weighted by Gasteiger charge is 2.13. The van der Waals surface area contributed by atoms with Gasteiger partial charge in [0, 0.05) is 4.47 Å². The Hall–Kier alpha value is -1.81. The number of nitrogens with zero attached hydrogens (tertiary/aromatic N) is 2. The molecule has 0 unspecified atom stereocenters. The molecule has 0 aliphatic carbocycles. The fourth-order valence-corrected chi connectivity index (χ4v) is 2.92. The van der Waals surface area contributed by atoms with E-state index in [0.717, 1.165) is 27.6 Å². The molecular weight excluding hydrogens is 314 g/mol. The van der Waals surface area contributed by atoms with E-state index >= 15 is 0 Å². The maximum Gasteiger partial charge on any atom is 0.205 e. The molecule has 0 atom stereocenters. The monoisotopic (exact) mass is 329 g/mol. The number of hydrogen-bond acceptors (Lipinski definition) is 2. The summed E-state index contributed by atoms with van der Waals surface area (Å²) in [5, 5.41) is 0. The number of halogens is 1. The summed E-state index contributed by atoms with van der Waals surface area (Å²) in [7, 11) is 0. The van der Waals surface area contributed by atoms with Crippen LogP contribution in [0.4, 0.5) is 5.95 Å². The molecule has 3 nitrogen and oxygen atoms in total. The molecule has 2 N–H and O–H groups in total. The maximum absolute atomic E-state index is 6.14. The molecule has 4 heteroatoms. The summed E-state index contributed by atoms with van der Waals surface area (Å²) in [5.74, 6) is 0.530. The van der Waals surface area contributed by atoms with Gasteiger partial charge in [-0.25, -0.2) is 4.98 Å². The minimum absolute atomic E-state index is 0.530. The van der Waals surface area contributed by atoms with Crippen molar-refractivity contribution in [3.8, 4) is 5.69 Å². The van der Waals surface area contributed by atoms with E-state index in [0.29, 0.717) is 5.95 Å². The summed E-state index contributed by atoms with van der Waals surface area (Å²) in [4.78, 5) is 4.46. The molecule has 0 spiro atoms. The number of rotatable bonds is 2. The standard InChI is InChI=1S/C16H16BrN3/c1-3-11-9-12(17)5-7-14(11)20-15-8-10(2)4-6-13(15)19-16(20)18/h4-9H,3H2,1-2H3,(H2,18,19). The van der Waals surface area contributed by atoms with Crippen LogP contribution in [0.15, 0.2) is 40.9 Å². The summed E-state index contributed by atoms with van der Waals surface area (Å²) in [6.07, 6.45) is 0.944. The van der Waals surface area contributed by atoms with Gasteiger partial charge in [-0.1, -0.05) is 28.9 Å². The molecular formula is C16H16BrN3. The number of nitrogen functional groups attached to an aromatic ring is 1. The van der Waals surface area contributed by atoms with Gasteiger partial charge in [-0.15, -0.1) is 0 Å². The minimum atomic E-state index is 0.530. The van der Waals surface area contributed by atoms with Crippen LogP contribution in [0, 0.1) is 6.92 Å². The largest absolute Gasteiger partial charge is 0.369 e. The molecule has 20 heavy (non-hydrogen) atoms. The molecule has 0 amide bonds. The molecule has 0 saturated carbocycles. The van der Waals surface area contributed by atoms with E-state index in [9.17, 15) is 0 Å². The average Bonchev–Trinajstić information content (AvgIpc) is 2.74. The fraction of sp³-hybridized carbons (Fsp3) is 0.188. The topological polar surface area (TPSA) is 43.8 Å². The second-order valence-electron chi connectivity index (χ2n) is 4.92. The van der Waals surface area contributed by atoms with E-state index in [1.807, 2.05) is 16.7 Å². The third kappa shape index (κ3) is 2.10. The van der Waals surface area contributed by atoms with Crippen LogP contribution in [0.3, 0.4) is 0 Å². The normalized spacial score (nSPS) is 11.2. The van der Waals surface area contributed by atoms with Gasteiger partial charge in [-0.2, -0.15) is 0 Å². The molecule has 102 valence electrons. The minimum Gasteiger partial charge on any atom is -0.369 e. The highest BCUT2D eigenvalue weighted by Crippen LogP contribution is 2.28. The Labute approximate surface area is 126 Å². The van der Waals surface area contributed by atoms with Crippen molar-refractivity contribution in [3.63, 3.8) is 0 Å². The Morgan fingerprint density at radius 1 is 1.20 bits per heavy atom. The second-order valence-corrected chi connectivity index (χ2v) is 5.84. The van der Waals surface area contributed by atoms with Crippen molar-refractivity contribution in [2.45, 2.75) is 20.3 Å². The smallest absolute Gasteiger partial charge is 0.205 e. The molecule has 0 aliphatic rings. The Morgan fingerprint density at radius 3 is 2.75 bits per heavy atom. The first-order valence-corrected chi connectivity index (χ1v) is 7.43. The predicted octanol–water partition coefficient (Wildman–Crippen LogP) is 4.24. The highest BCUT2D eigenvalue weighted by molar-refractivity contribution is 9.10. The van der Waals surface area contributed by atoms with Crippen LogP contribution in [0.2, 0.25) is 0 Å². The number of benzene rings is 2. The zero-order chi connectivity index (χ0) is 14.3. The number of imidazole rings is 1. The fourth-order valence-electron chi connectivity index (χ4n) is 2.51. The number of hydrogen-bond donors (Lipinski definition) is 1. The molecule has 0 fully saturated rings. The lowest BCUT2D eigenvalue weighted by Crippen LogP contribution is -2.03. The molecule has 0 aliphatic heterocycles. The number of aromatic nitrogens is 2. The van der Waals surface area contributed by atoms with Gasteiger partial charge in [0.1, 0.15) is 0 Å². The van der Waals surface area contributed by atoms with Crippen LogP contribution in [-0.2, 0) is 6.42 Å². The van der Waals surface area contributed by atoms with Gasteiger partial charge in [0.25, 0.3) is 0 Å². The third-order valence-corrected chi connectivity index (χ3v) is 3.99. The zero-order valence-corrected chi connectivity index (χ0v) is 13.1. The van der Waals surface area contributed by atoms with E-state index in [-0.39, 0.29) is 0 Å². The zero-order valence-electron chi connectivity index (χ0n) is 11.5. The van der Waals surface area contributed by atoms with Crippen LogP contribution in [0.1, 0.15) is 18.1 Å². The van der Waals surface area contributed by atoms with E-state index in [4.69, 9.17) is 5.73 Å². The van der Waals surface area contributed by atoms with Gasteiger partial charge in [0.15, 0.2) is 0 Å². The van der Waals surface area contributed by atoms with Crippen molar-refractivity contribution in [1.29, 1.82) is 0 Å². The maximum atomic E-state index is 6.14. The first kappa shape index (κ1) is 13.2. The van der Waals surface area contributed by atoms with Gasteiger partial charge < -0.3 is 5.73 Å². The van der Waals surface area contributed by atoms with Crippen LogP contribution in [0.5, 0.6) is 0 Å². The first-order valence-electron chi connectivity index (χ1n) is 6.63. The Bertz CT molecular complexity index is 790. The van der Waals surface area contributed by atoms with E-state index in [1.165, 1.54) is 11.1 Å². The van der Waals surface area contributed by atoms with Crippen molar-refractivity contribution < 1.29 is 0 Å². The number of nitrogens with two attached hydrogens (primary N) is 1. The van der Waals surface area contributed by atoms with Crippen LogP contribution in [0.25, 0.3) is 16.7 Å². The molecule has 1 aromatic heterocycles. The lowest BCUT2D eigenvalue weighted by molar-refractivity contribution is 1.03. The summed E-state index contributed by atoms with van der Waals surface area (Å²) in [6.45, 7) is 4.22. The Morgan fingerprint density at radius 2 is 2.00 bits per heavy atom. The summed E-state index contributed by atoms with van der Waals surface area (Å²) >= 11 is 3.52. The van der Waals surface area contributed by atoms with Gasteiger partial charge in [0.05, 0.1) is 16.7 Å². The number of fused-ring (bicyclic) bond motifs is 1. The first-order chi connectivity index (χ1) is 9.60. The van der Waals surface area contributed by atoms with Crippen molar-refractivity contribution in [2.24, 2.45) is 0 Å². The summed E-state index contributed by atoms with van der Waals surface area (Å²) in [6, 6.07) is 12.5. The molecule has 0 saturated heterocycles. The molecule has 3 aromatic rings. The van der Waals surface area contributed by atoms with E-state index < -0.39 is 0 Å². The quantitative estimate of drug-likeness (QED) is 0.764.